The number of carbonyl (C=O) groups excluding carboxylic acids is 1. The van der Waals surface area contributed by atoms with Crippen molar-refractivity contribution in [2.75, 3.05) is 31.2 Å². The summed E-state index contributed by atoms with van der Waals surface area (Å²) in [6, 6.07) is 6.53. The lowest BCUT2D eigenvalue weighted by Crippen LogP contribution is -2.40. The van der Waals surface area contributed by atoms with E-state index in [-0.39, 0.29) is 12.1 Å². The van der Waals surface area contributed by atoms with Gasteiger partial charge in [-0.05, 0) is 42.5 Å². The highest BCUT2D eigenvalue weighted by Crippen LogP contribution is 2.40. The van der Waals surface area contributed by atoms with Crippen LogP contribution in [0, 0.1) is 0 Å². The molecule has 172 valence electrons. The van der Waals surface area contributed by atoms with Crippen LogP contribution in [0.2, 0.25) is 0 Å². The van der Waals surface area contributed by atoms with Crippen LogP contribution in [0.15, 0.2) is 30.6 Å². The average Bonchev–Trinajstić information content (AvgIpc) is 3.57. The second-order valence-electron chi connectivity index (χ2n) is 9.22. The number of rotatable bonds is 3. The molecule has 0 spiro atoms. The molecule has 9 heteroatoms. The number of hydrogen-bond acceptors (Lipinski definition) is 5. The van der Waals surface area contributed by atoms with Crippen LogP contribution in [0.3, 0.4) is 0 Å². The van der Waals surface area contributed by atoms with Crippen LogP contribution < -0.4 is 10.6 Å². The molecule has 1 fully saturated rings. The van der Waals surface area contributed by atoms with Gasteiger partial charge in [0, 0.05) is 61.9 Å². The zero-order valence-corrected chi connectivity index (χ0v) is 18.9. The number of anilines is 2. The summed E-state index contributed by atoms with van der Waals surface area (Å²) in [5.74, 6) is 0.956. The van der Waals surface area contributed by atoms with Gasteiger partial charge in [-0.3, -0.25) is 9.36 Å². The summed E-state index contributed by atoms with van der Waals surface area (Å²) in [6.45, 7) is 3.50. The lowest BCUT2D eigenvalue weighted by atomic mass is 9.96. The number of urea groups is 1. The maximum absolute atomic E-state index is 12.0. The van der Waals surface area contributed by atoms with Gasteiger partial charge in [-0.1, -0.05) is 6.07 Å². The Kier molecular flexibility index (Phi) is 4.86. The van der Waals surface area contributed by atoms with Crippen LogP contribution in [0.25, 0.3) is 11.1 Å². The van der Waals surface area contributed by atoms with E-state index >= 15 is 0 Å². The molecule has 0 bridgehead atoms. The first-order valence-electron chi connectivity index (χ1n) is 11.7. The van der Waals surface area contributed by atoms with Crippen molar-refractivity contribution in [2.24, 2.45) is 12.8 Å². The van der Waals surface area contributed by atoms with Gasteiger partial charge in [-0.2, -0.15) is 10.2 Å². The zero-order valence-electron chi connectivity index (χ0n) is 18.9. The second-order valence-corrected chi connectivity index (χ2v) is 9.22. The van der Waals surface area contributed by atoms with Gasteiger partial charge in [0.15, 0.2) is 5.82 Å². The van der Waals surface area contributed by atoms with Gasteiger partial charge in [0.05, 0.1) is 25.4 Å². The first kappa shape index (κ1) is 20.3. The lowest BCUT2D eigenvalue weighted by Gasteiger charge is -2.32. The Morgan fingerprint density at radius 1 is 1.21 bits per heavy atom. The Hall–Kier alpha value is -3.33. The first-order valence-corrected chi connectivity index (χ1v) is 11.7. The number of benzene rings is 1. The maximum Gasteiger partial charge on any atom is 0.315 e. The molecule has 2 N–H and O–H groups in total. The molecule has 1 atom stereocenters. The number of aromatic nitrogens is 4. The summed E-state index contributed by atoms with van der Waals surface area (Å²) in [5.41, 5.74) is 12.8. The molecular weight excluding hydrogens is 418 g/mol. The monoisotopic (exact) mass is 447 g/mol. The molecule has 2 amide bonds. The van der Waals surface area contributed by atoms with Crippen LogP contribution in [0.4, 0.5) is 16.3 Å². The van der Waals surface area contributed by atoms with E-state index in [1.54, 1.807) is 4.90 Å². The molecule has 0 aliphatic carbocycles. The molecule has 0 unspecified atom stereocenters. The zero-order chi connectivity index (χ0) is 22.5. The highest BCUT2D eigenvalue weighted by molar-refractivity contribution is 5.75. The van der Waals surface area contributed by atoms with Gasteiger partial charge in [0.25, 0.3) is 0 Å². The number of hydrogen-bond donors (Lipinski definition) is 1. The van der Waals surface area contributed by atoms with Crippen molar-refractivity contribution < 1.29 is 9.53 Å². The largest absolute Gasteiger partial charge is 0.379 e. The number of aryl methyl sites for hydroxylation is 2. The van der Waals surface area contributed by atoms with Crippen LogP contribution >= 0.6 is 0 Å². The van der Waals surface area contributed by atoms with E-state index in [1.165, 1.54) is 22.5 Å². The Labute approximate surface area is 192 Å². The van der Waals surface area contributed by atoms with Crippen molar-refractivity contribution in [3.05, 3.63) is 47.4 Å². The quantitative estimate of drug-likeness (QED) is 0.666. The number of carbonyl (C=O) groups is 1. The van der Waals surface area contributed by atoms with Crippen LogP contribution in [0.1, 0.15) is 35.7 Å². The first-order chi connectivity index (χ1) is 16.1. The van der Waals surface area contributed by atoms with Gasteiger partial charge < -0.3 is 20.3 Å². The molecule has 0 radical (unpaired) electrons. The van der Waals surface area contributed by atoms with Gasteiger partial charge in [-0.15, -0.1) is 0 Å². The maximum atomic E-state index is 12.0. The summed E-state index contributed by atoms with van der Waals surface area (Å²) < 4.78 is 9.67. The average molecular weight is 448 g/mol. The molecule has 1 saturated heterocycles. The third kappa shape index (κ3) is 3.47. The molecule has 3 aromatic rings. The van der Waals surface area contributed by atoms with Crippen molar-refractivity contribution in [1.82, 2.24) is 24.5 Å². The summed E-state index contributed by atoms with van der Waals surface area (Å²) in [4.78, 5) is 16.0. The lowest BCUT2D eigenvalue weighted by molar-refractivity contribution is 0.182. The fourth-order valence-corrected chi connectivity index (χ4v) is 5.42. The van der Waals surface area contributed by atoms with Crippen LogP contribution in [-0.4, -0.2) is 56.8 Å². The molecule has 0 saturated carbocycles. The van der Waals surface area contributed by atoms with Crippen LogP contribution in [-0.2, 0) is 31.2 Å². The molecule has 3 aliphatic rings. The highest BCUT2D eigenvalue weighted by Gasteiger charge is 2.33. The van der Waals surface area contributed by atoms with Gasteiger partial charge in [0.1, 0.15) is 0 Å². The SMILES string of the molecule is Cn1cc(-c2ccc3c(c2)CCCN3c2nn([C@H]3CCOC3)c3c2CN(C(N)=O)CC3)cn1. The van der Waals surface area contributed by atoms with Gasteiger partial charge >= 0.3 is 6.03 Å². The fraction of sp³-hybridized carbons (Fsp3) is 0.458. The van der Waals surface area contributed by atoms with E-state index in [4.69, 9.17) is 15.6 Å². The molecule has 2 aromatic heterocycles. The van der Waals surface area contributed by atoms with Crippen molar-refractivity contribution in [2.45, 2.75) is 38.3 Å². The predicted molar refractivity (Wildman–Crippen MR) is 124 cm³/mol. The van der Waals surface area contributed by atoms with E-state index in [0.717, 1.165) is 55.8 Å². The van der Waals surface area contributed by atoms with E-state index in [9.17, 15) is 4.79 Å². The minimum atomic E-state index is -0.372. The Bertz CT molecular complexity index is 1210. The van der Waals surface area contributed by atoms with Crippen molar-refractivity contribution in [1.29, 1.82) is 0 Å². The van der Waals surface area contributed by atoms with Gasteiger partial charge in [0.2, 0.25) is 0 Å². The standard InChI is InChI=1S/C24H29N7O2/c1-28-13-18(12-26-28)16-4-5-21-17(11-16)3-2-8-30(21)23-20-14-29(24(25)32)9-6-22(20)31(27-23)19-7-10-33-15-19/h4-5,11-13,19H,2-3,6-10,14-15H2,1H3,(H2,25,32)/t19-/m0/s1. The number of ether oxygens (including phenoxy) is 1. The number of amides is 2. The Balaban J connectivity index is 1.42. The smallest absolute Gasteiger partial charge is 0.315 e. The summed E-state index contributed by atoms with van der Waals surface area (Å²) in [6.07, 6.45) is 7.77. The minimum absolute atomic E-state index is 0.254. The van der Waals surface area contributed by atoms with E-state index < -0.39 is 0 Å². The third-order valence-electron chi connectivity index (χ3n) is 7.12. The fourth-order valence-electron chi connectivity index (χ4n) is 5.42. The summed E-state index contributed by atoms with van der Waals surface area (Å²) >= 11 is 0. The Morgan fingerprint density at radius 2 is 2.12 bits per heavy atom. The minimum Gasteiger partial charge on any atom is -0.379 e. The van der Waals surface area contributed by atoms with Crippen molar-refractivity contribution in [3.63, 3.8) is 0 Å². The molecular formula is C24H29N7O2. The number of primary amides is 1. The molecule has 33 heavy (non-hydrogen) atoms. The van der Waals surface area contributed by atoms with Crippen molar-refractivity contribution in [3.8, 4) is 11.1 Å². The molecule has 6 rings (SSSR count). The summed E-state index contributed by atoms with van der Waals surface area (Å²) in [5, 5.41) is 9.46. The van der Waals surface area contributed by atoms with Gasteiger partial charge in [-0.25, -0.2) is 4.79 Å². The van der Waals surface area contributed by atoms with Crippen molar-refractivity contribution >= 4 is 17.5 Å². The van der Waals surface area contributed by atoms with E-state index in [2.05, 4.69) is 32.9 Å². The third-order valence-corrected chi connectivity index (χ3v) is 7.12. The van der Waals surface area contributed by atoms with E-state index in [0.29, 0.717) is 19.7 Å². The molecule has 9 nitrogen and oxygen atoms in total. The molecule has 5 heterocycles. The second kappa shape index (κ2) is 7.91. The summed E-state index contributed by atoms with van der Waals surface area (Å²) in [7, 11) is 1.94. The number of nitrogens with two attached hydrogens (primary N) is 1. The number of fused-ring (bicyclic) bond motifs is 2. The predicted octanol–water partition coefficient (Wildman–Crippen LogP) is 2.77. The highest BCUT2D eigenvalue weighted by atomic mass is 16.5. The molecule has 3 aliphatic heterocycles. The Morgan fingerprint density at radius 3 is 2.88 bits per heavy atom. The van der Waals surface area contributed by atoms with E-state index in [1.807, 2.05) is 24.1 Å². The van der Waals surface area contributed by atoms with Crippen LogP contribution in [0.5, 0.6) is 0 Å². The normalized spacial score (nSPS) is 20.1. The topological polar surface area (TPSA) is 94.4 Å². The number of nitrogens with zero attached hydrogens (tertiary/aromatic N) is 6. The molecule has 1 aromatic carbocycles.